The number of carbonyl (C=O) groups excluding carboxylic acids is 1. The predicted octanol–water partition coefficient (Wildman–Crippen LogP) is 2.20. The number of hydrogen-bond acceptors (Lipinski definition) is 3. The molecule has 1 amide bonds. The number of aliphatic carboxylic acids is 1. The van der Waals surface area contributed by atoms with Crippen molar-refractivity contribution in [2.45, 2.75) is 12.2 Å². The van der Waals surface area contributed by atoms with Crippen molar-refractivity contribution in [2.75, 3.05) is 4.90 Å². The number of hydrogen-bond donors (Lipinski definition) is 1. The van der Waals surface area contributed by atoms with E-state index in [1.807, 2.05) is 36.4 Å². The number of epoxide rings is 1. The first-order valence-corrected chi connectivity index (χ1v) is 6.51. The molecule has 1 aliphatic heterocycles. The third-order valence-electron chi connectivity index (χ3n) is 3.23. The minimum absolute atomic E-state index is 0.375. The molecule has 3 rings (SSSR count). The molecule has 2 aromatic rings. The first kappa shape index (κ1) is 13.3. The Kier molecular flexibility index (Phi) is 3.41. The molecule has 0 spiro atoms. The lowest BCUT2D eigenvalue weighted by Gasteiger charge is -2.22. The molecule has 21 heavy (non-hydrogen) atoms. The van der Waals surface area contributed by atoms with Gasteiger partial charge in [0.05, 0.1) is 0 Å². The Balaban J connectivity index is 1.94. The van der Waals surface area contributed by atoms with E-state index in [2.05, 4.69) is 0 Å². The number of nitrogens with zero attached hydrogens (tertiary/aromatic N) is 1. The van der Waals surface area contributed by atoms with Gasteiger partial charge in [-0.05, 0) is 24.3 Å². The van der Waals surface area contributed by atoms with E-state index in [1.165, 1.54) is 4.90 Å². The number of carboxylic acids is 1. The van der Waals surface area contributed by atoms with Crippen molar-refractivity contribution in [3.05, 3.63) is 60.7 Å². The van der Waals surface area contributed by atoms with E-state index in [0.29, 0.717) is 11.4 Å². The van der Waals surface area contributed by atoms with Gasteiger partial charge in [-0.3, -0.25) is 9.69 Å². The van der Waals surface area contributed by atoms with Crippen LogP contribution in [0.4, 0.5) is 11.4 Å². The maximum absolute atomic E-state index is 12.6. The van der Waals surface area contributed by atoms with Gasteiger partial charge in [-0.2, -0.15) is 0 Å². The van der Waals surface area contributed by atoms with Gasteiger partial charge in [0.25, 0.3) is 5.91 Å². The standard InChI is InChI=1S/C16H13NO4/c18-15(13-14(21-13)16(19)20)17(11-7-3-1-4-8-11)12-9-5-2-6-10-12/h1-10,13-14H,(H,19,20)/t13-,14-/m0/s1. The Morgan fingerprint density at radius 2 is 1.33 bits per heavy atom. The van der Waals surface area contributed by atoms with Gasteiger partial charge in [-0.25, -0.2) is 4.79 Å². The quantitative estimate of drug-likeness (QED) is 0.873. The van der Waals surface area contributed by atoms with E-state index in [0.717, 1.165) is 0 Å². The Morgan fingerprint density at radius 1 is 0.857 bits per heavy atom. The molecule has 0 aromatic heterocycles. The van der Waals surface area contributed by atoms with Crippen molar-refractivity contribution >= 4 is 23.3 Å². The second-order valence-corrected chi connectivity index (χ2v) is 4.66. The van der Waals surface area contributed by atoms with E-state index in [4.69, 9.17) is 9.84 Å². The van der Waals surface area contributed by atoms with Crippen LogP contribution in [-0.4, -0.2) is 29.2 Å². The van der Waals surface area contributed by atoms with E-state index >= 15 is 0 Å². The van der Waals surface area contributed by atoms with E-state index < -0.39 is 18.2 Å². The molecule has 5 heteroatoms. The van der Waals surface area contributed by atoms with Gasteiger partial charge in [0.2, 0.25) is 0 Å². The molecule has 1 fully saturated rings. The summed E-state index contributed by atoms with van der Waals surface area (Å²) in [4.78, 5) is 24.9. The fourth-order valence-corrected chi connectivity index (χ4v) is 2.17. The molecule has 5 nitrogen and oxygen atoms in total. The number of carbonyl (C=O) groups is 2. The SMILES string of the molecule is O=C(O)[C@H]1O[C@@H]1C(=O)N(c1ccccc1)c1ccccc1. The molecule has 0 saturated carbocycles. The Labute approximate surface area is 121 Å². The van der Waals surface area contributed by atoms with Gasteiger partial charge in [-0.1, -0.05) is 36.4 Å². The Morgan fingerprint density at radius 3 is 1.71 bits per heavy atom. The molecule has 0 radical (unpaired) electrons. The van der Waals surface area contributed by atoms with Gasteiger partial charge in [0.1, 0.15) is 0 Å². The molecule has 1 N–H and O–H groups in total. The van der Waals surface area contributed by atoms with Gasteiger partial charge >= 0.3 is 5.97 Å². The topological polar surface area (TPSA) is 70.1 Å². The highest BCUT2D eigenvalue weighted by Crippen LogP contribution is 2.32. The second-order valence-electron chi connectivity index (χ2n) is 4.66. The van der Waals surface area contributed by atoms with E-state index in [9.17, 15) is 9.59 Å². The zero-order valence-corrected chi connectivity index (χ0v) is 11.0. The lowest BCUT2D eigenvalue weighted by atomic mass is 10.2. The molecule has 0 aliphatic carbocycles. The third kappa shape index (κ3) is 2.64. The normalized spacial score (nSPS) is 19.8. The third-order valence-corrected chi connectivity index (χ3v) is 3.23. The maximum atomic E-state index is 12.6. The summed E-state index contributed by atoms with van der Waals surface area (Å²) in [6, 6.07) is 18.2. The summed E-state index contributed by atoms with van der Waals surface area (Å²) in [5.74, 6) is -1.49. The van der Waals surface area contributed by atoms with Crippen molar-refractivity contribution in [3.8, 4) is 0 Å². The number of para-hydroxylation sites is 2. The minimum atomic E-state index is -1.12. The Bertz CT molecular complexity index is 617. The summed E-state index contributed by atoms with van der Waals surface area (Å²) >= 11 is 0. The molecular weight excluding hydrogens is 270 g/mol. The van der Waals surface area contributed by atoms with Gasteiger partial charge < -0.3 is 9.84 Å². The summed E-state index contributed by atoms with van der Waals surface area (Å²) in [6.07, 6.45) is -1.98. The molecule has 0 unspecified atom stereocenters. The number of anilines is 2. The van der Waals surface area contributed by atoms with Gasteiger partial charge in [0, 0.05) is 11.4 Å². The predicted molar refractivity (Wildman–Crippen MR) is 76.3 cm³/mol. The molecule has 106 valence electrons. The highest BCUT2D eigenvalue weighted by molar-refractivity contribution is 6.06. The highest BCUT2D eigenvalue weighted by atomic mass is 16.6. The van der Waals surface area contributed by atoms with Crippen LogP contribution in [-0.2, 0) is 14.3 Å². The smallest absolute Gasteiger partial charge is 0.336 e. The van der Waals surface area contributed by atoms with Crippen LogP contribution in [0.3, 0.4) is 0 Å². The average molecular weight is 283 g/mol. The van der Waals surface area contributed by atoms with E-state index in [1.54, 1.807) is 24.3 Å². The van der Waals surface area contributed by atoms with Crippen LogP contribution in [0.15, 0.2) is 60.7 Å². The molecular formula is C16H13NO4. The molecule has 1 aliphatic rings. The zero-order valence-electron chi connectivity index (χ0n) is 11.0. The largest absolute Gasteiger partial charge is 0.479 e. The fraction of sp³-hybridized carbons (Fsp3) is 0.125. The van der Waals surface area contributed by atoms with Crippen LogP contribution < -0.4 is 4.90 Å². The minimum Gasteiger partial charge on any atom is -0.479 e. The van der Waals surface area contributed by atoms with Crippen molar-refractivity contribution in [1.29, 1.82) is 0 Å². The van der Waals surface area contributed by atoms with Gasteiger partial charge in [0.15, 0.2) is 12.2 Å². The number of ether oxygens (including phenoxy) is 1. The molecule has 2 aromatic carbocycles. The summed E-state index contributed by atoms with van der Waals surface area (Å²) < 4.78 is 4.97. The lowest BCUT2D eigenvalue weighted by Crippen LogP contribution is -2.32. The van der Waals surface area contributed by atoms with Crippen LogP contribution >= 0.6 is 0 Å². The Hall–Kier alpha value is -2.66. The number of rotatable bonds is 4. The summed E-state index contributed by atoms with van der Waals surface area (Å²) in [6.45, 7) is 0. The molecule has 0 bridgehead atoms. The first-order valence-electron chi connectivity index (χ1n) is 6.51. The van der Waals surface area contributed by atoms with Crippen molar-refractivity contribution in [3.63, 3.8) is 0 Å². The van der Waals surface area contributed by atoms with Crippen LogP contribution in [0, 0.1) is 0 Å². The number of benzene rings is 2. The monoisotopic (exact) mass is 283 g/mol. The van der Waals surface area contributed by atoms with Crippen LogP contribution in [0.1, 0.15) is 0 Å². The lowest BCUT2D eigenvalue weighted by molar-refractivity contribution is -0.138. The first-order chi connectivity index (χ1) is 10.2. The van der Waals surface area contributed by atoms with Crippen LogP contribution in [0.5, 0.6) is 0 Å². The number of amides is 1. The number of carboxylic acid groups (broad SMARTS) is 1. The summed E-state index contributed by atoms with van der Waals surface area (Å²) in [5.41, 5.74) is 1.35. The molecule has 1 saturated heterocycles. The van der Waals surface area contributed by atoms with Crippen molar-refractivity contribution in [1.82, 2.24) is 0 Å². The van der Waals surface area contributed by atoms with E-state index in [-0.39, 0.29) is 5.91 Å². The maximum Gasteiger partial charge on any atom is 0.336 e. The molecule has 2 atom stereocenters. The summed E-state index contributed by atoms with van der Waals surface area (Å²) in [5, 5.41) is 8.90. The second kappa shape index (κ2) is 5.38. The van der Waals surface area contributed by atoms with Crippen LogP contribution in [0.25, 0.3) is 0 Å². The molecule has 1 heterocycles. The van der Waals surface area contributed by atoms with Crippen LogP contribution in [0.2, 0.25) is 0 Å². The highest BCUT2D eigenvalue weighted by Gasteiger charge is 2.52. The van der Waals surface area contributed by atoms with Crippen molar-refractivity contribution < 1.29 is 19.4 Å². The fourth-order valence-electron chi connectivity index (χ4n) is 2.17. The zero-order chi connectivity index (χ0) is 14.8. The summed E-state index contributed by atoms with van der Waals surface area (Å²) in [7, 11) is 0. The van der Waals surface area contributed by atoms with Gasteiger partial charge in [-0.15, -0.1) is 0 Å². The average Bonchev–Trinajstić information content (AvgIpc) is 3.30. The van der Waals surface area contributed by atoms with Crippen molar-refractivity contribution in [2.24, 2.45) is 0 Å².